The van der Waals surface area contributed by atoms with E-state index in [9.17, 15) is 9.59 Å². The molecule has 1 atom stereocenters. The Labute approximate surface area is 197 Å². The molecule has 0 saturated carbocycles. The average molecular weight is 453 g/mol. The molecule has 0 spiro atoms. The molecular formula is C26H36N4O3. The van der Waals surface area contributed by atoms with Crippen molar-refractivity contribution in [3.05, 3.63) is 65.7 Å². The maximum Gasteiger partial charge on any atom is 0.408 e. The lowest BCUT2D eigenvalue weighted by atomic mass is 10.0. The van der Waals surface area contributed by atoms with Crippen LogP contribution in [0.2, 0.25) is 0 Å². The number of alkyl carbamates (subject to hydrolysis) is 1. The second kappa shape index (κ2) is 12.4. The number of nitrogens with zero attached hydrogens (tertiary/aromatic N) is 2. The van der Waals surface area contributed by atoms with E-state index in [1.807, 2.05) is 68.4 Å². The Morgan fingerprint density at radius 1 is 0.909 bits per heavy atom. The predicted octanol–water partition coefficient (Wildman–Crippen LogP) is 3.71. The van der Waals surface area contributed by atoms with Crippen molar-refractivity contribution in [3.8, 4) is 0 Å². The number of piperazine rings is 1. The third-order valence-electron chi connectivity index (χ3n) is 5.98. The van der Waals surface area contributed by atoms with Gasteiger partial charge < -0.3 is 20.3 Å². The van der Waals surface area contributed by atoms with Gasteiger partial charge in [0.15, 0.2) is 0 Å². The van der Waals surface area contributed by atoms with E-state index in [0.29, 0.717) is 5.69 Å². The Morgan fingerprint density at radius 2 is 1.55 bits per heavy atom. The summed E-state index contributed by atoms with van der Waals surface area (Å²) in [5.41, 5.74) is 2.83. The molecule has 2 N–H and O–H groups in total. The number of rotatable bonds is 9. The van der Waals surface area contributed by atoms with E-state index in [1.54, 1.807) is 0 Å². The largest absolute Gasteiger partial charge is 0.445 e. The summed E-state index contributed by atoms with van der Waals surface area (Å²) in [7, 11) is 0. The van der Waals surface area contributed by atoms with Crippen LogP contribution in [-0.2, 0) is 22.7 Å². The van der Waals surface area contributed by atoms with Gasteiger partial charge in [-0.1, -0.05) is 63.2 Å². The molecule has 1 heterocycles. The van der Waals surface area contributed by atoms with Crippen molar-refractivity contribution >= 4 is 17.7 Å². The number of nitrogens with one attached hydrogen (secondary N) is 2. The van der Waals surface area contributed by atoms with E-state index < -0.39 is 12.1 Å². The van der Waals surface area contributed by atoms with Gasteiger partial charge in [-0.05, 0) is 35.7 Å². The number of amides is 2. The zero-order valence-electron chi connectivity index (χ0n) is 19.9. The smallest absolute Gasteiger partial charge is 0.408 e. The molecule has 7 nitrogen and oxygen atoms in total. The van der Waals surface area contributed by atoms with Crippen molar-refractivity contribution in [2.24, 2.45) is 5.92 Å². The molecule has 2 aromatic carbocycles. The second-order valence-corrected chi connectivity index (χ2v) is 8.82. The van der Waals surface area contributed by atoms with E-state index in [2.05, 4.69) is 27.4 Å². The SMILES string of the molecule is CCN1CCN(Cc2ccc(NC(=O)[C@@H](NC(=O)OCc3ccccc3)C(C)C)cc2)CC1. The molecule has 178 valence electrons. The second-order valence-electron chi connectivity index (χ2n) is 8.82. The number of likely N-dealkylation sites (N-methyl/N-ethyl adjacent to an activating group) is 1. The van der Waals surface area contributed by atoms with Crippen molar-refractivity contribution in [1.29, 1.82) is 0 Å². The van der Waals surface area contributed by atoms with Crippen LogP contribution >= 0.6 is 0 Å². The Kier molecular flexibility index (Phi) is 9.27. The molecule has 0 unspecified atom stereocenters. The van der Waals surface area contributed by atoms with Gasteiger partial charge in [-0.2, -0.15) is 0 Å². The summed E-state index contributed by atoms with van der Waals surface area (Å²) in [6.45, 7) is 12.6. The fourth-order valence-corrected chi connectivity index (χ4v) is 3.86. The summed E-state index contributed by atoms with van der Waals surface area (Å²) in [6.07, 6.45) is -0.605. The van der Waals surface area contributed by atoms with Gasteiger partial charge in [0.05, 0.1) is 0 Å². The number of carbonyl (C=O) groups excluding carboxylic acids is 2. The lowest BCUT2D eigenvalue weighted by Crippen LogP contribution is -2.47. The molecule has 1 aliphatic rings. The van der Waals surface area contributed by atoms with E-state index in [0.717, 1.165) is 44.8 Å². The van der Waals surface area contributed by atoms with Gasteiger partial charge in [0.25, 0.3) is 0 Å². The van der Waals surface area contributed by atoms with Crippen LogP contribution < -0.4 is 10.6 Å². The van der Waals surface area contributed by atoms with E-state index in [1.165, 1.54) is 5.56 Å². The van der Waals surface area contributed by atoms with Crippen LogP contribution in [0.1, 0.15) is 31.9 Å². The molecule has 0 radical (unpaired) electrons. The van der Waals surface area contributed by atoms with Gasteiger partial charge in [-0.15, -0.1) is 0 Å². The summed E-state index contributed by atoms with van der Waals surface area (Å²) in [4.78, 5) is 30.0. The first-order valence-electron chi connectivity index (χ1n) is 11.8. The number of carbonyl (C=O) groups is 2. The topological polar surface area (TPSA) is 73.9 Å². The third-order valence-corrected chi connectivity index (χ3v) is 5.98. The lowest BCUT2D eigenvalue weighted by Gasteiger charge is -2.34. The Balaban J connectivity index is 1.48. The van der Waals surface area contributed by atoms with Gasteiger partial charge in [-0.3, -0.25) is 9.69 Å². The van der Waals surface area contributed by atoms with Gasteiger partial charge in [0.1, 0.15) is 12.6 Å². The van der Waals surface area contributed by atoms with Crippen LogP contribution in [0.4, 0.5) is 10.5 Å². The first-order chi connectivity index (χ1) is 15.9. The molecule has 0 aliphatic carbocycles. The quantitative estimate of drug-likeness (QED) is 0.607. The monoisotopic (exact) mass is 452 g/mol. The Morgan fingerprint density at radius 3 is 2.15 bits per heavy atom. The van der Waals surface area contributed by atoms with Crippen molar-refractivity contribution in [2.75, 3.05) is 38.0 Å². The molecule has 33 heavy (non-hydrogen) atoms. The lowest BCUT2D eigenvalue weighted by molar-refractivity contribution is -0.119. The zero-order valence-corrected chi connectivity index (χ0v) is 19.9. The van der Waals surface area contributed by atoms with Gasteiger partial charge >= 0.3 is 6.09 Å². The van der Waals surface area contributed by atoms with Crippen molar-refractivity contribution in [3.63, 3.8) is 0 Å². The molecule has 2 aromatic rings. The van der Waals surface area contributed by atoms with Gasteiger partial charge in [0, 0.05) is 38.4 Å². The maximum atomic E-state index is 12.8. The molecule has 7 heteroatoms. The number of ether oxygens (including phenoxy) is 1. The number of benzene rings is 2. The van der Waals surface area contributed by atoms with Gasteiger partial charge in [-0.25, -0.2) is 4.79 Å². The summed E-state index contributed by atoms with van der Waals surface area (Å²) in [6, 6.07) is 16.7. The maximum absolute atomic E-state index is 12.8. The summed E-state index contributed by atoms with van der Waals surface area (Å²) < 4.78 is 5.27. The number of hydrogen-bond acceptors (Lipinski definition) is 5. The number of hydrogen-bond donors (Lipinski definition) is 2. The minimum absolute atomic E-state index is 0.0877. The van der Waals surface area contributed by atoms with Crippen LogP contribution in [0.3, 0.4) is 0 Å². The molecule has 1 fully saturated rings. The highest BCUT2D eigenvalue weighted by atomic mass is 16.5. The highest BCUT2D eigenvalue weighted by Crippen LogP contribution is 2.15. The molecule has 0 aromatic heterocycles. The minimum atomic E-state index is -0.692. The molecule has 3 rings (SSSR count). The Bertz CT molecular complexity index is 878. The average Bonchev–Trinajstić information content (AvgIpc) is 2.83. The van der Waals surface area contributed by atoms with Crippen LogP contribution in [0.25, 0.3) is 0 Å². The number of anilines is 1. The first kappa shape index (κ1) is 24.7. The highest BCUT2D eigenvalue weighted by molar-refractivity contribution is 5.96. The summed E-state index contributed by atoms with van der Waals surface area (Å²) in [5.74, 6) is -0.347. The third kappa shape index (κ3) is 7.87. The normalized spacial score (nSPS) is 15.8. The first-order valence-corrected chi connectivity index (χ1v) is 11.8. The molecule has 2 amide bonds. The van der Waals surface area contributed by atoms with Crippen molar-refractivity contribution in [2.45, 2.75) is 40.0 Å². The van der Waals surface area contributed by atoms with Crippen LogP contribution in [0, 0.1) is 5.92 Å². The van der Waals surface area contributed by atoms with E-state index in [-0.39, 0.29) is 18.4 Å². The van der Waals surface area contributed by atoms with Crippen molar-refractivity contribution in [1.82, 2.24) is 15.1 Å². The summed E-state index contributed by atoms with van der Waals surface area (Å²) >= 11 is 0. The molecule has 0 bridgehead atoms. The standard InChI is InChI=1S/C26H36N4O3/c1-4-29-14-16-30(17-15-29)18-21-10-12-23(13-11-21)27-25(31)24(20(2)3)28-26(32)33-19-22-8-6-5-7-9-22/h5-13,20,24H,4,14-19H2,1-3H3,(H,27,31)(H,28,32)/t24-/m0/s1. The van der Waals surface area contributed by atoms with Crippen LogP contribution in [-0.4, -0.2) is 60.6 Å². The van der Waals surface area contributed by atoms with E-state index in [4.69, 9.17) is 4.74 Å². The van der Waals surface area contributed by atoms with Crippen LogP contribution in [0.5, 0.6) is 0 Å². The fourth-order valence-electron chi connectivity index (χ4n) is 3.86. The highest BCUT2D eigenvalue weighted by Gasteiger charge is 2.25. The van der Waals surface area contributed by atoms with Crippen molar-refractivity contribution < 1.29 is 14.3 Å². The van der Waals surface area contributed by atoms with E-state index >= 15 is 0 Å². The molecule has 1 aliphatic heterocycles. The molecular weight excluding hydrogens is 416 g/mol. The molecule has 1 saturated heterocycles. The minimum Gasteiger partial charge on any atom is -0.445 e. The summed E-state index contributed by atoms with van der Waals surface area (Å²) in [5, 5.41) is 5.61. The van der Waals surface area contributed by atoms with Crippen LogP contribution in [0.15, 0.2) is 54.6 Å². The zero-order chi connectivity index (χ0) is 23.6. The Hall–Kier alpha value is -2.90. The predicted molar refractivity (Wildman–Crippen MR) is 131 cm³/mol. The van der Waals surface area contributed by atoms with Gasteiger partial charge in [0.2, 0.25) is 5.91 Å². The fraction of sp³-hybridized carbons (Fsp3) is 0.462.